The number of carbonyl (C=O) groups is 2. The van der Waals surface area contributed by atoms with Crippen molar-refractivity contribution in [1.29, 1.82) is 0 Å². The molecule has 29 heavy (non-hydrogen) atoms. The van der Waals surface area contributed by atoms with Gasteiger partial charge < -0.3 is 26.0 Å². The molecule has 0 bridgehead atoms. The molecule has 10 heteroatoms. The minimum Gasteiger partial charge on any atom is -1.00 e. The first-order chi connectivity index (χ1) is 13.4. The number of benzene rings is 1. The van der Waals surface area contributed by atoms with Crippen LogP contribution in [0.5, 0.6) is 5.75 Å². The van der Waals surface area contributed by atoms with Crippen molar-refractivity contribution in [2.24, 2.45) is 0 Å². The minimum absolute atomic E-state index is 0. The minimum atomic E-state index is -1.11. The first-order valence-electron chi connectivity index (χ1n) is 8.55. The number of aromatic nitrogens is 2. The van der Waals surface area contributed by atoms with Crippen molar-refractivity contribution in [3.8, 4) is 17.1 Å². The Bertz CT molecular complexity index is 1020. The molecule has 0 unspecified atom stereocenters. The summed E-state index contributed by atoms with van der Waals surface area (Å²) in [6, 6.07) is 6.29. The Labute approximate surface area is 215 Å². The number of amides is 1. The Morgan fingerprint density at radius 2 is 1.97 bits per heavy atom. The van der Waals surface area contributed by atoms with Gasteiger partial charge in [-0.15, -0.1) is 0 Å². The van der Waals surface area contributed by atoms with Crippen molar-refractivity contribution in [2.45, 2.75) is 26.3 Å². The summed E-state index contributed by atoms with van der Waals surface area (Å²) in [7, 11) is 0. The van der Waals surface area contributed by atoms with E-state index in [9.17, 15) is 19.8 Å². The summed E-state index contributed by atoms with van der Waals surface area (Å²) in [5, 5.41) is 25.4. The summed E-state index contributed by atoms with van der Waals surface area (Å²) >= 11 is 6.30. The molecular formula is C19H19ClKN3O5. The number of nitrogens with zero attached hydrogens (tertiary/aromatic N) is 2. The van der Waals surface area contributed by atoms with Gasteiger partial charge in [-0.2, -0.15) is 0 Å². The van der Waals surface area contributed by atoms with Crippen LogP contribution in [-0.4, -0.2) is 31.8 Å². The molecule has 148 valence electrons. The molecule has 0 aliphatic heterocycles. The maximum atomic E-state index is 12.2. The number of aryl methyl sites for hydroxylation is 2. The van der Waals surface area contributed by atoms with E-state index in [-0.39, 0.29) is 88.6 Å². The van der Waals surface area contributed by atoms with Crippen LogP contribution in [0.3, 0.4) is 0 Å². The van der Waals surface area contributed by atoms with E-state index in [1.807, 2.05) is 6.92 Å². The Kier molecular flexibility index (Phi) is 8.50. The van der Waals surface area contributed by atoms with E-state index < -0.39 is 5.97 Å². The largest absolute Gasteiger partial charge is 1.00 e. The number of halogens is 1. The van der Waals surface area contributed by atoms with Crippen LogP contribution in [0.4, 0.5) is 5.69 Å². The van der Waals surface area contributed by atoms with Crippen molar-refractivity contribution in [1.82, 2.24) is 9.72 Å². The molecule has 1 amide bonds. The molecule has 0 atom stereocenters. The number of phenols is 1. The number of phenolic OH excluding ortho intramolecular Hbond substituents is 1. The number of carboxylic acids is 1. The maximum absolute atomic E-state index is 12.2. The summed E-state index contributed by atoms with van der Waals surface area (Å²) in [5.41, 5.74) is 1.35. The standard InChI is InChI=1S/C19H18ClN3O5.K.H/c1-2-23-9-13(19(26)27)15(10-23)21-16(25)8-7-14-17(20)18(28-22-14)11-3-5-12(24)6-4-11;;/h3-6,9-10,24H,2,7-8H2,1H3,(H,21,25)(H,26,27);;/q;+1;-1. The average Bonchev–Trinajstić information content (AvgIpc) is 3.24. The van der Waals surface area contributed by atoms with Crippen LogP contribution in [0.1, 0.15) is 30.8 Å². The molecule has 3 aromatic rings. The average molecular weight is 444 g/mol. The number of hydrogen-bond donors (Lipinski definition) is 3. The normalized spacial score (nSPS) is 10.4. The summed E-state index contributed by atoms with van der Waals surface area (Å²) in [5.74, 6) is -0.999. The summed E-state index contributed by atoms with van der Waals surface area (Å²) in [4.78, 5) is 23.5. The molecule has 1 aromatic carbocycles. The molecule has 2 aromatic heterocycles. The number of anilines is 1. The molecule has 3 N–H and O–H groups in total. The molecule has 3 rings (SSSR count). The van der Waals surface area contributed by atoms with Gasteiger partial charge in [-0.1, -0.05) is 16.8 Å². The third kappa shape index (κ3) is 5.71. The summed E-state index contributed by atoms with van der Waals surface area (Å²) in [6.45, 7) is 2.46. The smallest absolute Gasteiger partial charge is 1.00 e. The molecule has 0 spiro atoms. The first kappa shape index (κ1) is 23.7. The molecule has 8 nitrogen and oxygen atoms in total. The van der Waals surface area contributed by atoms with Gasteiger partial charge in [0.1, 0.15) is 22.0 Å². The molecule has 0 aliphatic rings. The van der Waals surface area contributed by atoms with Gasteiger partial charge in [0.05, 0.1) is 5.69 Å². The Hall–Kier alpha value is -1.62. The summed E-state index contributed by atoms with van der Waals surface area (Å²) < 4.78 is 6.94. The quantitative estimate of drug-likeness (QED) is 0.467. The van der Waals surface area contributed by atoms with E-state index >= 15 is 0 Å². The monoisotopic (exact) mass is 443 g/mol. The van der Waals surface area contributed by atoms with E-state index in [0.717, 1.165) is 0 Å². The second kappa shape index (κ2) is 10.4. The van der Waals surface area contributed by atoms with Crippen molar-refractivity contribution >= 4 is 29.2 Å². The predicted octanol–water partition coefficient (Wildman–Crippen LogP) is 0.908. The van der Waals surface area contributed by atoms with E-state index in [4.69, 9.17) is 16.1 Å². The van der Waals surface area contributed by atoms with Crippen molar-refractivity contribution in [2.75, 3.05) is 5.32 Å². The van der Waals surface area contributed by atoms with Gasteiger partial charge in [-0.25, -0.2) is 4.79 Å². The van der Waals surface area contributed by atoms with Crippen LogP contribution >= 0.6 is 11.6 Å². The van der Waals surface area contributed by atoms with E-state index in [1.54, 1.807) is 22.9 Å². The molecule has 0 saturated heterocycles. The molecule has 0 saturated carbocycles. The molecule has 0 fully saturated rings. The Morgan fingerprint density at radius 1 is 1.28 bits per heavy atom. The molecule has 2 heterocycles. The fourth-order valence-electron chi connectivity index (χ4n) is 2.66. The maximum Gasteiger partial charge on any atom is 1.00 e. The Morgan fingerprint density at radius 3 is 2.59 bits per heavy atom. The first-order valence-corrected chi connectivity index (χ1v) is 8.93. The Balaban J connectivity index is 0.00000225. The second-order valence-electron chi connectivity index (χ2n) is 6.09. The fourth-order valence-corrected chi connectivity index (χ4v) is 2.94. The number of rotatable bonds is 7. The number of aromatic hydroxyl groups is 1. The van der Waals surface area contributed by atoms with Gasteiger partial charge in [0.25, 0.3) is 0 Å². The van der Waals surface area contributed by atoms with Gasteiger partial charge >= 0.3 is 57.4 Å². The second-order valence-corrected chi connectivity index (χ2v) is 6.47. The summed E-state index contributed by atoms with van der Waals surface area (Å²) in [6.07, 6.45) is 3.32. The van der Waals surface area contributed by atoms with Crippen LogP contribution < -0.4 is 56.7 Å². The van der Waals surface area contributed by atoms with Crippen LogP contribution in [0.2, 0.25) is 5.02 Å². The number of carboxylic acid groups (broad SMARTS) is 1. The third-order valence-electron chi connectivity index (χ3n) is 4.17. The zero-order valence-corrected chi connectivity index (χ0v) is 19.9. The molecule has 0 radical (unpaired) electrons. The van der Waals surface area contributed by atoms with E-state index in [0.29, 0.717) is 28.6 Å². The van der Waals surface area contributed by atoms with Crippen molar-refractivity contribution in [3.63, 3.8) is 0 Å². The molecule has 0 aliphatic carbocycles. The van der Waals surface area contributed by atoms with E-state index in [2.05, 4.69) is 10.5 Å². The van der Waals surface area contributed by atoms with E-state index in [1.165, 1.54) is 18.3 Å². The van der Waals surface area contributed by atoms with Crippen molar-refractivity contribution < 1.29 is 77.1 Å². The number of aromatic carboxylic acids is 1. The SMILES string of the molecule is CCn1cc(NC(=O)CCc2noc(-c3ccc(O)cc3)c2Cl)c(C(=O)O)c1.[H-].[K+]. The van der Waals surface area contributed by atoms with Gasteiger partial charge in [0.2, 0.25) is 5.91 Å². The zero-order chi connectivity index (χ0) is 20.3. The predicted molar refractivity (Wildman–Crippen MR) is 104 cm³/mol. The van der Waals surface area contributed by atoms with Crippen LogP contribution in [0.15, 0.2) is 41.2 Å². The van der Waals surface area contributed by atoms with Gasteiger partial charge in [-0.05, 0) is 31.2 Å². The fraction of sp³-hybridized carbons (Fsp3) is 0.211. The van der Waals surface area contributed by atoms with Gasteiger partial charge in [-0.3, -0.25) is 4.79 Å². The zero-order valence-electron chi connectivity index (χ0n) is 17.0. The van der Waals surface area contributed by atoms with Crippen LogP contribution in [0.25, 0.3) is 11.3 Å². The van der Waals surface area contributed by atoms with Crippen LogP contribution in [-0.2, 0) is 17.8 Å². The van der Waals surface area contributed by atoms with Crippen LogP contribution in [0, 0.1) is 0 Å². The number of hydrogen-bond acceptors (Lipinski definition) is 5. The van der Waals surface area contributed by atoms with Gasteiger partial charge in [0, 0.05) is 37.3 Å². The molecular weight excluding hydrogens is 425 g/mol. The van der Waals surface area contributed by atoms with Gasteiger partial charge in [0.15, 0.2) is 5.76 Å². The number of nitrogens with one attached hydrogen (secondary N) is 1. The topological polar surface area (TPSA) is 118 Å². The third-order valence-corrected chi connectivity index (χ3v) is 4.56. The number of carbonyl (C=O) groups excluding carboxylic acids is 1. The van der Waals surface area contributed by atoms with Crippen molar-refractivity contribution in [3.05, 3.63) is 52.9 Å².